The number of morpholine rings is 1. The number of nitro benzene ring substituents is 1. The summed E-state index contributed by atoms with van der Waals surface area (Å²) in [5.74, 6) is -0.157. The lowest BCUT2D eigenvalue weighted by Crippen LogP contribution is -2.48. The van der Waals surface area contributed by atoms with Crippen molar-refractivity contribution in [3.05, 3.63) is 32.8 Å². The Kier molecular flexibility index (Phi) is 5.49. The Morgan fingerprint density at radius 2 is 2.09 bits per heavy atom. The fraction of sp³-hybridized carbons (Fsp3) is 0.500. The van der Waals surface area contributed by atoms with Crippen LogP contribution in [0.2, 0.25) is 0 Å². The summed E-state index contributed by atoms with van der Waals surface area (Å²) in [6.07, 6.45) is 0.199. The first-order valence-electron chi connectivity index (χ1n) is 6.96. The fourth-order valence-corrected chi connectivity index (χ4v) is 2.99. The van der Waals surface area contributed by atoms with Gasteiger partial charge in [-0.05, 0) is 35.8 Å². The Morgan fingerprint density at radius 3 is 2.64 bits per heavy atom. The Bertz CT molecular complexity index is 571. The molecule has 1 fully saturated rings. The van der Waals surface area contributed by atoms with Crippen LogP contribution >= 0.6 is 15.9 Å². The number of nitro groups is 1. The van der Waals surface area contributed by atoms with E-state index in [9.17, 15) is 14.9 Å². The van der Waals surface area contributed by atoms with Crippen molar-refractivity contribution in [1.29, 1.82) is 0 Å². The average Bonchev–Trinajstić information content (AvgIpc) is 2.39. The molecule has 1 heterocycles. The van der Waals surface area contributed by atoms with E-state index in [-0.39, 0.29) is 30.3 Å². The van der Waals surface area contributed by atoms with Gasteiger partial charge in [0, 0.05) is 29.7 Å². The Hall–Kier alpha value is -1.51. The van der Waals surface area contributed by atoms with Gasteiger partial charge in [0.25, 0.3) is 5.69 Å². The number of halogens is 1. The topological polar surface area (TPSA) is 84.7 Å². The van der Waals surface area contributed by atoms with E-state index in [2.05, 4.69) is 21.2 Å². The summed E-state index contributed by atoms with van der Waals surface area (Å²) in [5.41, 5.74) is 0.491. The maximum absolute atomic E-state index is 12.1. The standard InChI is InChI=1S/C14H18BrN3O4/c1-9-6-17(7-10(2)22-9)8-14(19)16-13-4-3-11(18(20)21)5-12(13)15/h3-5,9-10H,6-8H2,1-2H3,(H,16,19)/t9-,10-/m0/s1. The molecule has 1 amide bonds. The molecule has 2 atom stereocenters. The van der Waals surface area contributed by atoms with Crippen LogP contribution in [0.1, 0.15) is 13.8 Å². The minimum Gasteiger partial charge on any atom is -0.373 e. The second-order valence-electron chi connectivity index (χ2n) is 5.42. The van der Waals surface area contributed by atoms with Crippen LogP contribution in [0.3, 0.4) is 0 Å². The average molecular weight is 372 g/mol. The van der Waals surface area contributed by atoms with Crippen LogP contribution in [0.25, 0.3) is 0 Å². The van der Waals surface area contributed by atoms with Crippen LogP contribution in [0.5, 0.6) is 0 Å². The fourth-order valence-electron chi connectivity index (χ4n) is 2.53. The molecule has 1 aliphatic heterocycles. The van der Waals surface area contributed by atoms with E-state index < -0.39 is 4.92 Å². The van der Waals surface area contributed by atoms with Gasteiger partial charge in [0.05, 0.1) is 29.4 Å². The quantitative estimate of drug-likeness (QED) is 0.648. The predicted molar refractivity (Wildman–Crippen MR) is 85.9 cm³/mol. The molecule has 1 aliphatic rings. The number of amides is 1. The third-order valence-corrected chi connectivity index (χ3v) is 3.96. The maximum atomic E-state index is 12.1. The normalized spacial score (nSPS) is 22.3. The number of anilines is 1. The van der Waals surface area contributed by atoms with Gasteiger partial charge in [-0.15, -0.1) is 0 Å². The zero-order valence-electron chi connectivity index (χ0n) is 12.4. The SMILES string of the molecule is C[C@H]1CN(CC(=O)Nc2ccc([N+](=O)[O-])cc2Br)C[C@H](C)O1. The number of nitrogens with zero attached hydrogens (tertiary/aromatic N) is 2. The van der Waals surface area contributed by atoms with Gasteiger partial charge in [-0.2, -0.15) is 0 Å². The van der Waals surface area contributed by atoms with E-state index in [1.54, 1.807) is 0 Å². The van der Waals surface area contributed by atoms with Gasteiger partial charge in [0.15, 0.2) is 0 Å². The molecular weight excluding hydrogens is 354 g/mol. The van der Waals surface area contributed by atoms with Gasteiger partial charge < -0.3 is 10.1 Å². The van der Waals surface area contributed by atoms with Crippen molar-refractivity contribution in [2.24, 2.45) is 0 Å². The second-order valence-corrected chi connectivity index (χ2v) is 6.28. The summed E-state index contributed by atoms with van der Waals surface area (Å²) in [6.45, 7) is 5.64. The molecule has 0 spiro atoms. The molecule has 8 heteroatoms. The first-order valence-corrected chi connectivity index (χ1v) is 7.76. The highest BCUT2D eigenvalue weighted by atomic mass is 79.9. The van der Waals surface area contributed by atoms with Gasteiger partial charge in [-0.1, -0.05) is 0 Å². The zero-order valence-corrected chi connectivity index (χ0v) is 14.0. The van der Waals surface area contributed by atoms with Crippen molar-refractivity contribution in [2.75, 3.05) is 25.0 Å². The molecule has 0 radical (unpaired) electrons. The van der Waals surface area contributed by atoms with Crippen LogP contribution in [-0.4, -0.2) is 47.6 Å². The van der Waals surface area contributed by atoms with E-state index in [4.69, 9.17) is 4.74 Å². The van der Waals surface area contributed by atoms with Crippen molar-refractivity contribution < 1.29 is 14.5 Å². The molecule has 1 aromatic carbocycles. The molecule has 1 N–H and O–H groups in total. The number of rotatable bonds is 4. The summed E-state index contributed by atoms with van der Waals surface area (Å²) >= 11 is 3.24. The van der Waals surface area contributed by atoms with E-state index in [1.807, 2.05) is 18.7 Å². The molecule has 0 aliphatic carbocycles. The highest BCUT2D eigenvalue weighted by Gasteiger charge is 2.24. The van der Waals surface area contributed by atoms with Crippen LogP contribution in [0, 0.1) is 10.1 Å². The number of hydrogen-bond donors (Lipinski definition) is 1. The van der Waals surface area contributed by atoms with Gasteiger partial charge in [0.1, 0.15) is 0 Å². The highest BCUT2D eigenvalue weighted by molar-refractivity contribution is 9.10. The van der Waals surface area contributed by atoms with Gasteiger partial charge in [0.2, 0.25) is 5.91 Å². The lowest BCUT2D eigenvalue weighted by atomic mass is 10.2. The summed E-state index contributed by atoms with van der Waals surface area (Å²) in [7, 11) is 0. The van der Waals surface area contributed by atoms with E-state index >= 15 is 0 Å². The zero-order chi connectivity index (χ0) is 16.3. The minimum atomic E-state index is -0.479. The molecule has 0 aromatic heterocycles. The van der Waals surface area contributed by atoms with Crippen LogP contribution < -0.4 is 5.32 Å². The third kappa shape index (κ3) is 4.49. The number of carbonyl (C=O) groups is 1. The van der Waals surface area contributed by atoms with Crippen molar-refractivity contribution in [3.8, 4) is 0 Å². The second kappa shape index (κ2) is 7.17. The third-order valence-electron chi connectivity index (χ3n) is 3.30. The Balaban J connectivity index is 1.96. The van der Waals surface area contributed by atoms with Crippen molar-refractivity contribution >= 4 is 33.2 Å². The Labute approximate surface area is 136 Å². The lowest BCUT2D eigenvalue weighted by Gasteiger charge is -2.34. The van der Waals surface area contributed by atoms with Gasteiger partial charge in [-0.3, -0.25) is 19.8 Å². The van der Waals surface area contributed by atoms with E-state index in [1.165, 1.54) is 18.2 Å². The number of carbonyl (C=O) groups excluding carboxylic acids is 1. The van der Waals surface area contributed by atoms with E-state index in [0.717, 1.165) is 0 Å². The summed E-state index contributed by atoms with van der Waals surface area (Å²) in [5, 5.41) is 13.5. The van der Waals surface area contributed by atoms with Crippen LogP contribution in [0.15, 0.2) is 22.7 Å². The number of ether oxygens (including phenoxy) is 1. The molecule has 0 saturated carbocycles. The predicted octanol–water partition coefficient (Wildman–Crippen LogP) is 2.41. The molecule has 7 nitrogen and oxygen atoms in total. The smallest absolute Gasteiger partial charge is 0.270 e. The minimum absolute atomic E-state index is 0.0271. The lowest BCUT2D eigenvalue weighted by molar-refractivity contribution is -0.384. The van der Waals surface area contributed by atoms with Crippen molar-refractivity contribution in [3.63, 3.8) is 0 Å². The number of hydrogen-bond acceptors (Lipinski definition) is 5. The summed E-state index contributed by atoms with van der Waals surface area (Å²) in [6, 6.07) is 4.25. The van der Waals surface area contributed by atoms with Crippen LogP contribution in [0.4, 0.5) is 11.4 Å². The first kappa shape index (κ1) is 16.9. The molecule has 0 unspecified atom stereocenters. The number of benzene rings is 1. The molecular formula is C14H18BrN3O4. The molecule has 120 valence electrons. The van der Waals surface area contributed by atoms with Crippen LogP contribution in [-0.2, 0) is 9.53 Å². The number of non-ortho nitro benzene ring substituents is 1. The molecule has 1 saturated heterocycles. The Morgan fingerprint density at radius 1 is 1.45 bits per heavy atom. The molecule has 2 rings (SSSR count). The first-order chi connectivity index (χ1) is 10.3. The van der Waals surface area contributed by atoms with Crippen molar-refractivity contribution in [1.82, 2.24) is 4.90 Å². The summed E-state index contributed by atoms with van der Waals surface area (Å²) < 4.78 is 6.11. The monoisotopic (exact) mass is 371 g/mol. The van der Waals surface area contributed by atoms with E-state index in [0.29, 0.717) is 23.2 Å². The number of nitrogens with one attached hydrogen (secondary N) is 1. The van der Waals surface area contributed by atoms with Gasteiger partial charge >= 0.3 is 0 Å². The highest BCUT2D eigenvalue weighted by Crippen LogP contribution is 2.27. The molecule has 22 heavy (non-hydrogen) atoms. The maximum Gasteiger partial charge on any atom is 0.270 e. The molecule has 1 aromatic rings. The largest absolute Gasteiger partial charge is 0.373 e. The van der Waals surface area contributed by atoms with Gasteiger partial charge in [-0.25, -0.2) is 0 Å². The molecule has 0 bridgehead atoms. The summed E-state index contributed by atoms with van der Waals surface area (Å²) in [4.78, 5) is 24.4. The van der Waals surface area contributed by atoms with Crippen molar-refractivity contribution in [2.45, 2.75) is 26.1 Å².